The lowest BCUT2D eigenvalue weighted by Crippen LogP contribution is -2.23. The Morgan fingerprint density at radius 2 is 1.42 bits per heavy atom. The standard InChI is InChI=1S/C22H24F3NO4S/c23-22(24,25)17-8-14-20(15-9-17)31(28,29)30-19-12-10-18(11-13-19)26-21(27)16-6-4-2-1-3-5-7-16/h8-16H,1-7H2,(H,26,27). The molecule has 1 saturated carbocycles. The number of alkyl halides is 3. The Balaban J connectivity index is 1.62. The largest absolute Gasteiger partial charge is 0.416 e. The van der Waals surface area contributed by atoms with Gasteiger partial charge >= 0.3 is 16.3 Å². The summed E-state index contributed by atoms with van der Waals surface area (Å²) < 4.78 is 67.5. The van der Waals surface area contributed by atoms with Gasteiger partial charge in [0.05, 0.1) is 5.56 Å². The maximum atomic E-state index is 12.6. The van der Waals surface area contributed by atoms with Crippen LogP contribution in [0.2, 0.25) is 0 Å². The number of benzene rings is 2. The van der Waals surface area contributed by atoms with E-state index in [9.17, 15) is 26.4 Å². The van der Waals surface area contributed by atoms with Crippen molar-refractivity contribution < 1.29 is 30.6 Å². The zero-order valence-corrected chi connectivity index (χ0v) is 17.6. The van der Waals surface area contributed by atoms with Gasteiger partial charge in [-0.15, -0.1) is 0 Å². The molecule has 0 aliphatic heterocycles. The molecule has 3 rings (SSSR count). The van der Waals surface area contributed by atoms with E-state index in [-0.39, 0.29) is 22.5 Å². The SMILES string of the molecule is O=C(Nc1ccc(OS(=O)(=O)c2ccc(C(F)(F)F)cc2)cc1)C1CCCCCCC1. The van der Waals surface area contributed by atoms with Gasteiger partial charge in [-0.25, -0.2) is 0 Å². The lowest BCUT2D eigenvalue weighted by atomic mass is 9.90. The van der Waals surface area contributed by atoms with Gasteiger partial charge in [0.2, 0.25) is 5.91 Å². The molecule has 1 aliphatic carbocycles. The molecule has 0 spiro atoms. The molecule has 9 heteroatoms. The van der Waals surface area contributed by atoms with E-state index in [0.717, 1.165) is 50.7 Å². The molecule has 1 fully saturated rings. The number of carbonyl (C=O) groups is 1. The molecule has 2 aromatic carbocycles. The van der Waals surface area contributed by atoms with Crippen LogP contribution < -0.4 is 9.50 Å². The summed E-state index contributed by atoms with van der Waals surface area (Å²) in [5.41, 5.74) is -0.429. The van der Waals surface area contributed by atoms with Gasteiger partial charge in [-0.1, -0.05) is 32.1 Å². The van der Waals surface area contributed by atoms with Crippen LogP contribution in [0, 0.1) is 5.92 Å². The predicted octanol–water partition coefficient (Wildman–Crippen LogP) is 5.77. The average molecular weight is 455 g/mol. The maximum absolute atomic E-state index is 12.6. The third-order valence-corrected chi connectivity index (χ3v) is 6.54. The molecule has 1 N–H and O–H groups in total. The van der Waals surface area contributed by atoms with Crippen LogP contribution >= 0.6 is 0 Å². The molecular formula is C22H24F3NO4S. The van der Waals surface area contributed by atoms with Crippen molar-refractivity contribution in [3.63, 3.8) is 0 Å². The molecule has 0 atom stereocenters. The highest BCUT2D eigenvalue weighted by atomic mass is 32.2. The Hall–Kier alpha value is -2.55. The summed E-state index contributed by atoms with van der Waals surface area (Å²) in [5.74, 6) is -0.0898. The first kappa shape index (κ1) is 23.1. The topological polar surface area (TPSA) is 72.5 Å². The summed E-state index contributed by atoms with van der Waals surface area (Å²) in [4.78, 5) is 12.1. The van der Waals surface area contributed by atoms with Crippen LogP contribution in [-0.2, 0) is 21.1 Å². The molecule has 168 valence electrons. The quantitative estimate of drug-likeness (QED) is 0.581. The Bertz CT molecular complexity index is 979. The monoisotopic (exact) mass is 455 g/mol. The zero-order chi connectivity index (χ0) is 22.5. The molecule has 2 aromatic rings. The number of hydrogen-bond donors (Lipinski definition) is 1. The molecule has 31 heavy (non-hydrogen) atoms. The van der Waals surface area contributed by atoms with Crippen LogP contribution in [-0.4, -0.2) is 14.3 Å². The van der Waals surface area contributed by atoms with E-state index in [0.29, 0.717) is 17.8 Å². The van der Waals surface area contributed by atoms with Crippen molar-refractivity contribution in [3.05, 3.63) is 54.1 Å². The first-order valence-corrected chi connectivity index (χ1v) is 11.6. The minimum absolute atomic E-state index is 0.0103. The summed E-state index contributed by atoms with van der Waals surface area (Å²) in [7, 11) is -4.29. The Kier molecular flexibility index (Phi) is 7.25. The normalized spacial score (nSPS) is 16.2. The molecule has 0 unspecified atom stereocenters. The molecule has 5 nitrogen and oxygen atoms in total. The number of halogens is 3. The van der Waals surface area contributed by atoms with Crippen molar-refractivity contribution in [2.24, 2.45) is 5.92 Å². The number of rotatable bonds is 5. The van der Waals surface area contributed by atoms with E-state index in [1.54, 1.807) is 0 Å². The summed E-state index contributed by atoms with van der Waals surface area (Å²) in [6, 6.07) is 8.89. The van der Waals surface area contributed by atoms with Crippen molar-refractivity contribution in [3.8, 4) is 5.75 Å². The van der Waals surface area contributed by atoms with Crippen LogP contribution in [0.1, 0.15) is 50.5 Å². The third kappa shape index (κ3) is 6.46. The van der Waals surface area contributed by atoms with Crippen LogP contribution in [0.25, 0.3) is 0 Å². The smallest absolute Gasteiger partial charge is 0.379 e. The van der Waals surface area contributed by atoms with Gasteiger partial charge < -0.3 is 9.50 Å². The lowest BCUT2D eigenvalue weighted by molar-refractivity contribution is -0.137. The third-order valence-electron chi connectivity index (χ3n) is 5.27. The van der Waals surface area contributed by atoms with Crippen LogP contribution in [0.5, 0.6) is 5.75 Å². The second kappa shape index (κ2) is 9.72. The fraction of sp³-hybridized carbons (Fsp3) is 0.409. The first-order chi connectivity index (χ1) is 14.6. The van der Waals surface area contributed by atoms with Crippen LogP contribution in [0.3, 0.4) is 0 Å². The summed E-state index contributed by atoms with van der Waals surface area (Å²) in [6.07, 6.45) is 2.73. The predicted molar refractivity (Wildman–Crippen MR) is 110 cm³/mol. The Morgan fingerprint density at radius 1 is 0.871 bits per heavy atom. The van der Waals surface area contributed by atoms with Gasteiger partial charge in [-0.05, 0) is 61.4 Å². The van der Waals surface area contributed by atoms with E-state index >= 15 is 0 Å². The number of carbonyl (C=O) groups excluding carboxylic acids is 1. The number of hydrogen-bond acceptors (Lipinski definition) is 4. The molecule has 1 aliphatic rings. The highest BCUT2D eigenvalue weighted by molar-refractivity contribution is 7.87. The zero-order valence-electron chi connectivity index (χ0n) is 16.8. The van der Waals surface area contributed by atoms with Crippen molar-refractivity contribution >= 4 is 21.7 Å². The minimum atomic E-state index is -4.56. The Morgan fingerprint density at radius 3 is 1.97 bits per heavy atom. The lowest BCUT2D eigenvalue weighted by Gasteiger charge is -2.19. The molecule has 1 amide bonds. The number of anilines is 1. The van der Waals surface area contributed by atoms with Crippen LogP contribution in [0.15, 0.2) is 53.4 Å². The molecule has 0 bridgehead atoms. The van der Waals surface area contributed by atoms with Gasteiger partial charge in [0.25, 0.3) is 0 Å². The second-order valence-electron chi connectivity index (χ2n) is 7.62. The van der Waals surface area contributed by atoms with Crippen molar-refractivity contribution in [2.75, 3.05) is 5.32 Å². The molecular weight excluding hydrogens is 431 g/mol. The average Bonchev–Trinajstić information content (AvgIpc) is 2.68. The van der Waals surface area contributed by atoms with Crippen LogP contribution in [0.4, 0.5) is 18.9 Å². The number of nitrogens with one attached hydrogen (secondary N) is 1. The molecule has 0 heterocycles. The molecule has 0 aromatic heterocycles. The van der Waals surface area contributed by atoms with Gasteiger partial charge in [0.1, 0.15) is 10.6 Å². The second-order valence-corrected chi connectivity index (χ2v) is 9.16. The van der Waals surface area contributed by atoms with Gasteiger partial charge in [0, 0.05) is 11.6 Å². The van der Waals surface area contributed by atoms with E-state index < -0.39 is 21.9 Å². The summed E-state index contributed by atoms with van der Waals surface area (Å²) in [5, 5.41) is 2.85. The Labute approximate surface area is 179 Å². The maximum Gasteiger partial charge on any atom is 0.416 e. The van der Waals surface area contributed by atoms with E-state index in [4.69, 9.17) is 4.18 Å². The first-order valence-electron chi connectivity index (χ1n) is 10.2. The highest BCUT2D eigenvalue weighted by Crippen LogP contribution is 2.30. The fourth-order valence-electron chi connectivity index (χ4n) is 3.54. The van der Waals surface area contributed by atoms with Crippen molar-refractivity contribution in [1.29, 1.82) is 0 Å². The summed E-state index contributed by atoms with van der Waals surface area (Å²) in [6.45, 7) is 0. The van der Waals surface area contributed by atoms with E-state index in [1.165, 1.54) is 30.7 Å². The highest BCUT2D eigenvalue weighted by Gasteiger charge is 2.31. The minimum Gasteiger partial charge on any atom is -0.379 e. The number of amides is 1. The van der Waals surface area contributed by atoms with Gasteiger partial charge in [0.15, 0.2) is 0 Å². The fourth-order valence-corrected chi connectivity index (χ4v) is 4.47. The molecule has 0 saturated heterocycles. The van der Waals surface area contributed by atoms with Gasteiger partial charge in [-0.2, -0.15) is 21.6 Å². The molecule has 0 radical (unpaired) electrons. The van der Waals surface area contributed by atoms with Crippen molar-refractivity contribution in [2.45, 2.75) is 56.0 Å². The van der Waals surface area contributed by atoms with E-state index in [1.807, 2.05) is 0 Å². The van der Waals surface area contributed by atoms with Crippen molar-refractivity contribution in [1.82, 2.24) is 0 Å². The van der Waals surface area contributed by atoms with Gasteiger partial charge in [-0.3, -0.25) is 4.79 Å². The summed E-state index contributed by atoms with van der Waals surface area (Å²) >= 11 is 0. The van der Waals surface area contributed by atoms with E-state index in [2.05, 4.69) is 5.32 Å².